The summed E-state index contributed by atoms with van der Waals surface area (Å²) >= 11 is 1.06. The number of carboxylic acids is 1. The van der Waals surface area contributed by atoms with E-state index in [2.05, 4.69) is 10.3 Å². The maximum atomic E-state index is 11.9. The van der Waals surface area contributed by atoms with E-state index < -0.39 is 5.97 Å². The van der Waals surface area contributed by atoms with Crippen molar-refractivity contribution in [1.29, 1.82) is 0 Å². The fourth-order valence-electron chi connectivity index (χ4n) is 2.16. The fraction of sp³-hybridized carbons (Fsp3) is 0.0500. The van der Waals surface area contributed by atoms with E-state index in [9.17, 15) is 9.59 Å². The number of anilines is 1. The lowest BCUT2D eigenvalue weighted by atomic mass is 10.2. The van der Waals surface area contributed by atoms with E-state index in [1.807, 2.05) is 54.6 Å². The molecule has 0 aliphatic heterocycles. The topological polar surface area (TPSA) is 88.5 Å². The van der Waals surface area contributed by atoms with Gasteiger partial charge in [-0.05, 0) is 29.3 Å². The minimum absolute atomic E-state index is 0.0922. The number of aromatic nitrogens is 1. The smallest absolute Gasteiger partial charge is 0.355 e. The first-order valence-electron chi connectivity index (χ1n) is 8.05. The van der Waals surface area contributed by atoms with Gasteiger partial charge >= 0.3 is 5.97 Å². The van der Waals surface area contributed by atoms with Crippen molar-refractivity contribution < 1.29 is 19.4 Å². The summed E-state index contributed by atoms with van der Waals surface area (Å²) < 4.78 is 5.72. The second kappa shape index (κ2) is 8.77. The van der Waals surface area contributed by atoms with Crippen molar-refractivity contribution in [2.75, 3.05) is 5.32 Å². The average molecular weight is 380 g/mol. The largest absolute Gasteiger partial charge is 0.489 e. The van der Waals surface area contributed by atoms with Crippen LogP contribution in [0.15, 0.2) is 66.1 Å². The predicted molar refractivity (Wildman–Crippen MR) is 104 cm³/mol. The first-order valence-corrected chi connectivity index (χ1v) is 8.93. The second-order valence-corrected chi connectivity index (χ2v) is 6.37. The Hall–Kier alpha value is -3.45. The van der Waals surface area contributed by atoms with Gasteiger partial charge in [0, 0.05) is 11.5 Å². The van der Waals surface area contributed by atoms with E-state index in [0.29, 0.717) is 6.61 Å². The molecule has 136 valence electrons. The number of nitrogens with zero attached hydrogens (tertiary/aromatic N) is 1. The molecule has 2 aromatic carbocycles. The molecule has 1 amide bonds. The van der Waals surface area contributed by atoms with Crippen LogP contribution in [0, 0.1) is 0 Å². The van der Waals surface area contributed by atoms with Crippen molar-refractivity contribution in [1.82, 2.24) is 4.98 Å². The number of thiazole rings is 1. The number of aromatic carboxylic acids is 1. The number of carbonyl (C=O) groups is 2. The summed E-state index contributed by atoms with van der Waals surface area (Å²) in [6.45, 7) is 0.491. The summed E-state index contributed by atoms with van der Waals surface area (Å²) in [6.07, 6.45) is 3.02. The minimum atomic E-state index is -1.13. The molecule has 27 heavy (non-hydrogen) atoms. The fourth-order valence-corrected chi connectivity index (χ4v) is 2.85. The molecule has 0 bridgehead atoms. The zero-order chi connectivity index (χ0) is 19.1. The molecule has 0 saturated heterocycles. The Balaban J connectivity index is 1.52. The van der Waals surface area contributed by atoms with E-state index in [-0.39, 0.29) is 16.7 Å². The highest BCUT2D eigenvalue weighted by molar-refractivity contribution is 7.14. The van der Waals surface area contributed by atoms with E-state index in [0.717, 1.165) is 28.2 Å². The summed E-state index contributed by atoms with van der Waals surface area (Å²) in [4.78, 5) is 26.5. The van der Waals surface area contributed by atoms with Gasteiger partial charge in [0.25, 0.3) is 0 Å². The Labute approximate surface area is 159 Å². The van der Waals surface area contributed by atoms with E-state index in [4.69, 9.17) is 9.84 Å². The highest BCUT2D eigenvalue weighted by Gasteiger charge is 2.09. The molecule has 0 atom stereocenters. The molecule has 1 heterocycles. The molecule has 0 fully saturated rings. The Bertz CT molecular complexity index is 950. The van der Waals surface area contributed by atoms with Gasteiger partial charge in [-0.25, -0.2) is 9.78 Å². The van der Waals surface area contributed by atoms with Crippen molar-refractivity contribution in [2.45, 2.75) is 6.61 Å². The third kappa shape index (κ3) is 5.52. The number of carbonyl (C=O) groups excluding carboxylic acids is 1. The Morgan fingerprint density at radius 3 is 2.52 bits per heavy atom. The highest BCUT2D eigenvalue weighted by atomic mass is 32.1. The van der Waals surface area contributed by atoms with Crippen molar-refractivity contribution in [3.63, 3.8) is 0 Å². The first-order chi connectivity index (χ1) is 13.1. The van der Waals surface area contributed by atoms with Gasteiger partial charge in [0.15, 0.2) is 10.8 Å². The van der Waals surface area contributed by atoms with Crippen LogP contribution in [0.1, 0.15) is 21.6 Å². The van der Waals surface area contributed by atoms with Gasteiger partial charge in [0.1, 0.15) is 12.4 Å². The first kappa shape index (κ1) is 18.3. The molecule has 2 N–H and O–H groups in total. The van der Waals surface area contributed by atoms with Crippen molar-refractivity contribution >= 4 is 34.4 Å². The summed E-state index contributed by atoms with van der Waals surface area (Å²) in [7, 11) is 0. The Morgan fingerprint density at radius 2 is 1.85 bits per heavy atom. The molecular weight excluding hydrogens is 364 g/mol. The van der Waals surface area contributed by atoms with Gasteiger partial charge in [-0.15, -0.1) is 11.3 Å². The lowest BCUT2D eigenvalue weighted by Crippen LogP contribution is -2.08. The third-order valence-electron chi connectivity index (χ3n) is 3.51. The molecule has 0 aliphatic rings. The number of ether oxygens (including phenoxy) is 1. The molecule has 0 radical (unpaired) electrons. The lowest BCUT2D eigenvalue weighted by molar-refractivity contribution is -0.111. The van der Waals surface area contributed by atoms with Gasteiger partial charge < -0.3 is 9.84 Å². The summed E-state index contributed by atoms with van der Waals surface area (Å²) in [5, 5.41) is 13.0. The van der Waals surface area contributed by atoms with Crippen molar-refractivity contribution in [3.8, 4) is 5.75 Å². The molecule has 0 spiro atoms. The number of hydrogen-bond donors (Lipinski definition) is 2. The quantitative estimate of drug-likeness (QED) is 0.603. The molecular formula is C20H16N2O4S. The van der Waals surface area contributed by atoms with Crippen LogP contribution < -0.4 is 10.1 Å². The molecule has 0 aliphatic carbocycles. The zero-order valence-electron chi connectivity index (χ0n) is 14.2. The van der Waals surface area contributed by atoms with Gasteiger partial charge in [-0.3, -0.25) is 10.1 Å². The number of benzene rings is 2. The van der Waals surface area contributed by atoms with E-state index >= 15 is 0 Å². The van der Waals surface area contributed by atoms with Crippen molar-refractivity contribution in [3.05, 3.63) is 82.9 Å². The molecule has 0 saturated carbocycles. The number of rotatable bonds is 7. The highest BCUT2D eigenvalue weighted by Crippen LogP contribution is 2.17. The predicted octanol–water partition coefficient (Wildman–Crippen LogP) is 4.07. The maximum absolute atomic E-state index is 11.9. The number of amides is 1. The van der Waals surface area contributed by atoms with Crippen LogP contribution in [0.4, 0.5) is 5.13 Å². The van der Waals surface area contributed by atoms with Crippen LogP contribution in [-0.4, -0.2) is 22.0 Å². The average Bonchev–Trinajstić information content (AvgIpc) is 3.15. The number of hydrogen-bond acceptors (Lipinski definition) is 5. The van der Waals surface area contributed by atoms with Gasteiger partial charge in [0.05, 0.1) is 0 Å². The third-order valence-corrected chi connectivity index (χ3v) is 4.27. The van der Waals surface area contributed by atoms with Crippen LogP contribution in [-0.2, 0) is 11.4 Å². The Morgan fingerprint density at radius 1 is 1.11 bits per heavy atom. The monoisotopic (exact) mass is 380 g/mol. The van der Waals surface area contributed by atoms with E-state index in [1.165, 1.54) is 11.5 Å². The van der Waals surface area contributed by atoms with Crippen LogP contribution in [0.3, 0.4) is 0 Å². The molecule has 3 rings (SSSR count). The van der Waals surface area contributed by atoms with Crippen LogP contribution >= 0.6 is 11.3 Å². The molecule has 0 unspecified atom stereocenters. The lowest BCUT2D eigenvalue weighted by Gasteiger charge is -2.06. The van der Waals surface area contributed by atoms with Gasteiger partial charge in [-0.2, -0.15) is 0 Å². The molecule has 6 nitrogen and oxygen atoms in total. The van der Waals surface area contributed by atoms with Crippen LogP contribution in [0.2, 0.25) is 0 Å². The Kier molecular flexibility index (Phi) is 5.96. The standard InChI is InChI=1S/C20H16N2O4S/c23-18(22-20-21-17(13-27-20)19(24)25)11-8-14-6-9-16(10-7-14)26-12-15-4-2-1-3-5-15/h1-11,13H,12H2,(H,24,25)(H,21,22,23)/b11-8+. The van der Waals surface area contributed by atoms with Crippen LogP contribution in [0.5, 0.6) is 5.75 Å². The van der Waals surface area contributed by atoms with E-state index in [1.54, 1.807) is 6.08 Å². The summed E-state index contributed by atoms with van der Waals surface area (Å²) in [5.74, 6) is -0.771. The van der Waals surface area contributed by atoms with Crippen LogP contribution in [0.25, 0.3) is 6.08 Å². The van der Waals surface area contributed by atoms with Gasteiger partial charge in [0.2, 0.25) is 5.91 Å². The van der Waals surface area contributed by atoms with Gasteiger partial charge in [-0.1, -0.05) is 42.5 Å². The SMILES string of the molecule is O=C(/C=C/c1ccc(OCc2ccccc2)cc1)Nc1nc(C(=O)O)cs1. The summed E-state index contributed by atoms with van der Waals surface area (Å²) in [6, 6.07) is 17.2. The zero-order valence-corrected chi connectivity index (χ0v) is 15.0. The molecule has 3 aromatic rings. The minimum Gasteiger partial charge on any atom is -0.489 e. The molecule has 1 aromatic heterocycles. The maximum Gasteiger partial charge on any atom is 0.355 e. The second-order valence-electron chi connectivity index (χ2n) is 5.51. The molecule has 7 heteroatoms. The number of carboxylic acid groups (broad SMARTS) is 1. The normalized spacial score (nSPS) is 10.7. The number of nitrogens with one attached hydrogen (secondary N) is 1. The van der Waals surface area contributed by atoms with Crippen molar-refractivity contribution in [2.24, 2.45) is 0 Å². The summed E-state index contributed by atoms with van der Waals surface area (Å²) in [5.41, 5.74) is 1.83.